The normalized spacial score (nSPS) is 12.0. The Hall–Kier alpha value is -2.54. The van der Waals surface area contributed by atoms with Crippen molar-refractivity contribution in [2.45, 2.75) is 19.5 Å². The molecule has 3 heterocycles. The van der Waals surface area contributed by atoms with Crippen LogP contribution in [0.15, 0.2) is 54.0 Å². The molecule has 1 amide bonds. The topological polar surface area (TPSA) is 63.9 Å². The molecule has 0 saturated carbocycles. The molecule has 22 heavy (non-hydrogen) atoms. The lowest BCUT2D eigenvalue weighted by atomic mass is 10.2. The third kappa shape index (κ3) is 3.04. The summed E-state index contributed by atoms with van der Waals surface area (Å²) >= 11 is 1.61. The lowest BCUT2D eigenvalue weighted by molar-refractivity contribution is -0.121. The van der Waals surface area contributed by atoms with Crippen LogP contribution < -0.4 is 4.90 Å². The molecule has 0 fully saturated rings. The van der Waals surface area contributed by atoms with Gasteiger partial charge in [-0.2, -0.15) is 16.4 Å². The second-order valence-corrected chi connectivity index (χ2v) is 5.60. The summed E-state index contributed by atoms with van der Waals surface area (Å²) in [4.78, 5) is 22.6. The quantitative estimate of drug-likeness (QED) is 0.726. The molecule has 0 N–H and O–H groups in total. The Bertz CT molecular complexity index is 712. The van der Waals surface area contributed by atoms with E-state index in [1.54, 1.807) is 39.6 Å². The summed E-state index contributed by atoms with van der Waals surface area (Å²) in [5, 5.41) is 8.10. The van der Waals surface area contributed by atoms with Crippen LogP contribution in [0.25, 0.3) is 0 Å². The van der Waals surface area contributed by atoms with E-state index in [9.17, 15) is 4.79 Å². The second-order valence-electron chi connectivity index (χ2n) is 4.82. The van der Waals surface area contributed by atoms with Crippen LogP contribution in [0.4, 0.5) is 5.69 Å². The van der Waals surface area contributed by atoms with Gasteiger partial charge in [0.25, 0.3) is 5.91 Å². The first-order valence-electron chi connectivity index (χ1n) is 6.82. The Morgan fingerprint density at radius 2 is 2.32 bits per heavy atom. The smallest absolute Gasteiger partial charge is 0.251 e. The molecule has 3 aromatic rings. The average molecular weight is 313 g/mol. The van der Waals surface area contributed by atoms with E-state index < -0.39 is 6.04 Å². The van der Waals surface area contributed by atoms with Crippen LogP contribution in [-0.2, 0) is 11.3 Å². The number of thiophene rings is 1. The minimum absolute atomic E-state index is 0.0512. The minimum Gasteiger partial charge on any atom is -0.305 e. The van der Waals surface area contributed by atoms with Gasteiger partial charge in [0, 0.05) is 6.20 Å². The summed E-state index contributed by atoms with van der Waals surface area (Å²) < 4.78 is 1.55. The van der Waals surface area contributed by atoms with Gasteiger partial charge in [-0.3, -0.25) is 9.78 Å². The van der Waals surface area contributed by atoms with Gasteiger partial charge in [0.05, 0.1) is 18.4 Å². The van der Waals surface area contributed by atoms with Crippen molar-refractivity contribution in [1.82, 2.24) is 19.7 Å². The third-order valence-electron chi connectivity index (χ3n) is 3.34. The first kappa shape index (κ1) is 14.4. The number of aromatic nitrogens is 4. The summed E-state index contributed by atoms with van der Waals surface area (Å²) in [6.45, 7) is 2.32. The van der Waals surface area contributed by atoms with Crippen molar-refractivity contribution in [3.05, 3.63) is 59.6 Å². The Kier molecular flexibility index (Phi) is 4.24. The van der Waals surface area contributed by atoms with Gasteiger partial charge < -0.3 is 4.90 Å². The van der Waals surface area contributed by atoms with Crippen LogP contribution in [0.2, 0.25) is 0 Å². The van der Waals surface area contributed by atoms with Gasteiger partial charge in [0.2, 0.25) is 0 Å². The number of carbonyl (C=O) groups is 1. The fraction of sp³-hybridized carbons (Fsp3) is 0.200. The van der Waals surface area contributed by atoms with Crippen molar-refractivity contribution in [1.29, 1.82) is 0 Å². The van der Waals surface area contributed by atoms with Gasteiger partial charge in [-0.15, -0.1) is 0 Å². The third-order valence-corrected chi connectivity index (χ3v) is 4.07. The largest absolute Gasteiger partial charge is 0.305 e. The number of amides is 1. The molecule has 112 valence electrons. The highest BCUT2D eigenvalue weighted by Crippen LogP contribution is 2.21. The first-order chi connectivity index (χ1) is 10.8. The van der Waals surface area contributed by atoms with Gasteiger partial charge >= 0.3 is 0 Å². The Morgan fingerprint density at radius 3 is 2.95 bits per heavy atom. The molecule has 0 unspecified atom stereocenters. The van der Waals surface area contributed by atoms with Crippen molar-refractivity contribution >= 4 is 22.9 Å². The molecule has 0 saturated heterocycles. The molecular weight excluding hydrogens is 298 g/mol. The number of rotatable bonds is 5. The second kappa shape index (κ2) is 6.48. The molecule has 0 aliphatic heterocycles. The van der Waals surface area contributed by atoms with Crippen molar-refractivity contribution < 1.29 is 4.79 Å². The summed E-state index contributed by atoms with van der Waals surface area (Å²) in [6.07, 6.45) is 6.36. The van der Waals surface area contributed by atoms with E-state index in [0.29, 0.717) is 6.54 Å². The lowest BCUT2D eigenvalue weighted by Gasteiger charge is -2.25. The summed E-state index contributed by atoms with van der Waals surface area (Å²) in [7, 11) is 0. The zero-order chi connectivity index (χ0) is 15.4. The summed E-state index contributed by atoms with van der Waals surface area (Å²) in [5.74, 6) is -0.0512. The van der Waals surface area contributed by atoms with E-state index in [1.165, 1.54) is 6.33 Å². The molecule has 0 bridgehead atoms. The molecular formula is C15H15N5OS. The van der Waals surface area contributed by atoms with Crippen LogP contribution in [-0.4, -0.2) is 25.7 Å². The standard InChI is InChI=1S/C15H15N5OS/c1-12(20-11-17-10-18-20)15(21)19(8-13-4-6-22-9-13)14-3-2-5-16-7-14/h2-7,9-12H,8H2,1H3/t12-/m1/s1. The van der Waals surface area contributed by atoms with Crippen molar-refractivity contribution in [2.24, 2.45) is 0 Å². The number of hydrogen-bond donors (Lipinski definition) is 0. The van der Waals surface area contributed by atoms with Crippen LogP contribution in [0, 0.1) is 0 Å². The average Bonchev–Trinajstić information content (AvgIpc) is 3.25. The molecule has 1 atom stereocenters. The monoisotopic (exact) mass is 313 g/mol. The van der Waals surface area contributed by atoms with Crippen LogP contribution in [0.5, 0.6) is 0 Å². The Labute approximate surface area is 132 Å². The molecule has 0 aliphatic carbocycles. The molecule has 0 aromatic carbocycles. The lowest BCUT2D eigenvalue weighted by Crippen LogP contribution is -2.36. The van der Waals surface area contributed by atoms with Gasteiger partial charge in [0.15, 0.2) is 0 Å². The maximum atomic E-state index is 12.9. The van der Waals surface area contributed by atoms with Gasteiger partial charge in [-0.05, 0) is 41.4 Å². The van der Waals surface area contributed by atoms with Gasteiger partial charge in [0.1, 0.15) is 18.7 Å². The van der Waals surface area contributed by atoms with Crippen LogP contribution >= 0.6 is 11.3 Å². The number of pyridine rings is 1. The predicted octanol–water partition coefficient (Wildman–Crippen LogP) is 2.53. The highest BCUT2D eigenvalue weighted by molar-refractivity contribution is 7.07. The van der Waals surface area contributed by atoms with Gasteiger partial charge in [-0.25, -0.2) is 9.67 Å². The van der Waals surface area contributed by atoms with Crippen LogP contribution in [0.1, 0.15) is 18.5 Å². The SMILES string of the molecule is C[C@H](C(=O)N(Cc1ccsc1)c1cccnc1)n1cncn1. The van der Waals surface area contributed by atoms with E-state index in [0.717, 1.165) is 11.3 Å². The minimum atomic E-state index is -0.429. The number of nitrogens with zero attached hydrogens (tertiary/aromatic N) is 5. The van der Waals surface area contributed by atoms with E-state index in [1.807, 2.05) is 35.9 Å². The molecule has 6 nitrogen and oxygen atoms in total. The van der Waals surface area contributed by atoms with E-state index in [4.69, 9.17) is 0 Å². The number of anilines is 1. The molecule has 0 spiro atoms. The zero-order valence-electron chi connectivity index (χ0n) is 12.0. The maximum Gasteiger partial charge on any atom is 0.251 e. The molecule has 3 rings (SSSR count). The maximum absolute atomic E-state index is 12.9. The summed E-state index contributed by atoms with van der Waals surface area (Å²) in [6, 6.07) is 5.29. The van der Waals surface area contributed by atoms with E-state index in [2.05, 4.69) is 15.1 Å². The van der Waals surface area contributed by atoms with Gasteiger partial charge in [-0.1, -0.05) is 0 Å². The molecule has 0 radical (unpaired) electrons. The fourth-order valence-corrected chi connectivity index (χ4v) is 2.79. The van der Waals surface area contributed by atoms with Crippen LogP contribution in [0.3, 0.4) is 0 Å². The summed E-state index contributed by atoms with van der Waals surface area (Å²) in [5.41, 5.74) is 1.86. The van der Waals surface area contributed by atoms with E-state index >= 15 is 0 Å². The number of carbonyl (C=O) groups excluding carboxylic acids is 1. The first-order valence-corrected chi connectivity index (χ1v) is 7.76. The van der Waals surface area contributed by atoms with Crippen molar-refractivity contribution in [2.75, 3.05) is 4.90 Å². The highest BCUT2D eigenvalue weighted by atomic mass is 32.1. The number of hydrogen-bond acceptors (Lipinski definition) is 5. The van der Waals surface area contributed by atoms with Crippen molar-refractivity contribution in [3.8, 4) is 0 Å². The zero-order valence-corrected chi connectivity index (χ0v) is 12.8. The molecule has 3 aromatic heterocycles. The molecule has 0 aliphatic rings. The Morgan fingerprint density at radius 1 is 1.41 bits per heavy atom. The predicted molar refractivity (Wildman–Crippen MR) is 84.5 cm³/mol. The molecule has 7 heteroatoms. The fourth-order valence-electron chi connectivity index (χ4n) is 2.13. The van der Waals surface area contributed by atoms with E-state index in [-0.39, 0.29) is 5.91 Å². The highest BCUT2D eigenvalue weighted by Gasteiger charge is 2.24. The Balaban J connectivity index is 1.89. The van der Waals surface area contributed by atoms with Crippen molar-refractivity contribution in [3.63, 3.8) is 0 Å².